The lowest BCUT2D eigenvalue weighted by Gasteiger charge is -2.20. The van der Waals surface area contributed by atoms with E-state index in [0.717, 1.165) is 27.8 Å². The van der Waals surface area contributed by atoms with Crippen LogP contribution in [-0.4, -0.2) is 29.2 Å². The number of imide groups is 1. The second-order valence-electron chi connectivity index (χ2n) is 7.84. The molecule has 0 saturated heterocycles. The van der Waals surface area contributed by atoms with Gasteiger partial charge in [0, 0.05) is 18.7 Å². The number of nitrogens with zero attached hydrogens (tertiary/aromatic N) is 1. The molecule has 2 aromatic rings. The smallest absolute Gasteiger partial charge is 0.264 e. The molecule has 6 heteroatoms. The minimum Gasteiger partial charge on any atom is -0.326 e. The number of fused-ring (bicyclic) bond motifs is 1. The molecule has 0 atom stereocenters. The van der Waals surface area contributed by atoms with E-state index in [1.807, 2.05) is 18.2 Å². The Kier molecular flexibility index (Phi) is 5.82. The number of amides is 3. The van der Waals surface area contributed by atoms with E-state index in [-0.39, 0.29) is 41.8 Å². The average molecular weight is 396 g/mol. The van der Waals surface area contributed by atoms with E-state index in [1.165, 1.54) is 12.1 Å². The number of carbonyl (C=O) groups excluding carboxylic acids is 3. The summed E-state index contributed by atoms with van der Waals surface area (Å²) < 4.78 is 13.9. The standard InChI is InChI=1S/C23H25FN2O3/c1-13(2)15-7-5-8-16(14(3)4)21(15)25-19(27)11-12-26-22(28)17-9-6-10-18(24)20(17)23(26)29/h5-10,13-14H,11-12H2,1-4H3,(H,25,27). The third kappa shape index (κ3) is 3.92. The third-order valence-electron chi connectivity index (χ3n) is 5.15. The lowest BCUT2D eigenvalue weighted by Crippen LogP contribution is -2.33. The minimum absolute atomic E-state index is 0.0441. The summed E-state index contributed by atoms with van der Waals surface area (Å²) in [6.07, 6.45) is -0.0585. The van der Waals surface area contributed by atoms with Crippen molar-refractivity contribution in [3.63, 3.8) is 0 Å². The fraction of sp³-hybridized carbons (Fsp3) is 0.348. The number of hydrogen-bond donors (Lipinski definition) is 1. The summed E-state index contributed by atoms with van der Waals surface area (Å²) in [6.45, 7) is 8.13. The number of para-hydroxylation sites is 1. The third-order valence-corrected chi connectivity index (χ3v) is 5.15. The van der Waals surface area contributed by atoms with Crippen molar-refractivity contribution in [2.45, 2.75) is 46.0 Å². The molecule has 0 aliphatic carbocycles. The molecule has 0 aromatic heterocycles. The van der Waals surface area contributed by atoms with Crippen molar-refractivity contribution < 1.29 is 18.8 Å². The molecule has 152 valence electrons. The van der Waals surface area contributed by atoms with Gasteiger partial charge in [-0.2, -0.15) is 0 Å². The Morgan fingerprint density at radius 2 is 1.55 bits per heavy atom. The summed E-state index contributed by atoms with van der Waals surface area (Å²) in [6, 6.07) is 9.92. The van der Waals surface area contributed by atoms with Crippen LogP contribution in [0.15, 0.2) is 36.4 Å². The van der Waals surface area contributed by atoms with Crippen LogP contribution < -0.4 is 5.32 Å². The molecule has 5 nitrogen and oxygen atoms in total. The predicted octanol–water partition coefficient (Wildman–Crippen LogP) is 4.70. The highest BCUT2D eigenvalue weighted by atomic mass is 19.1. The fourth-order valence-corrected chi connectivity index (χ4v) is 3.61. The number of benzene rings is 2. The molecular weight excluding hydrogens is 371 g/mol. The van der Waals surface area contributed by atoms with Gasteiger partial charge >= 0.3 is 0 Å². The number of halogens is 1. The van der Waals surface area contributed by atoms with Crippen molar-refractivity contribution in [2.24, 2.45) is 0 Å². The van der Waals surface area contributed by atoms with Crippen molar-refractivity contribution in [3.05, 3.63) is 64.5 Å². The molecule has 0 bridgehead atoms. The van der Waals surface area contributed by atoms with Crippen LogP contribution in [0.1, 0.15) is 77.8 Å². The van der Waals surface area contributed by atoms with Crippen molar-refractivity contribution in [1.82, 2.24) is 4.90 Å². The lowest BCUT2D eigenvalue weighted by atomic mass is 9.92. The van der Waals surface area contributed by atoms with Gasteiger partial charge in [-0.15, -0.1) is 0 Å². The van der Waals surface area contributed by atoms with Gasteiger partial charge < -0.3 is 5.32 Å². The maximum atomic E-state index is 13.9. The number of hydrogen-bond acceptors (Lipinski definition) is 3. The van der Waals surface area contributed by atoms with E-state index in [0.29, 0.717) is 0 Å². The topological polar surface area (TPSA) is 66.5 Å². The van der Waals surface area contributed by atoms with Crippen LogP contribution in [0.3, 0.4) is 0 Å². The molecule has 0 unspecified atom stereocenters. The molecule has 2 aromatic carbocycles. The van der Waals surface area contributed by atoms with Crippen molar-refractivity contribution >= 4 is 23.4 Å². The van der Waals surface area contributed by atoms with Gasteiger partial charge in [-0.1, -0.05) is 52.0 Å². The Labute approximate surface area is 169 Å². The summed E-state index contributed by atoms with van der Waals surface area (Å²) in [7, 11) is 0. The lowest BCUT2D eigenvalue weighted by molar-refractivity contribution is -0.116. The molecular formula is C23H25FN2O3. The summed E-state index contributed by atoms with van der Waals surface area (Å²) in [4.78, 5) is 38.4. The van der Waals surface area contributed by atoms with Gasteiger partial charge in [0.05, 0.1) is 11.1 Å². The van der Waals surface area contributed by atoms with Crippen LogP contribution in [0.2, 0.25) is 0 Å². The highest BCUT2D eigenvalue weighted by Gasteiger charge is 2.37. The van der Waals surface area contributed by atoms with Crippen LogP contribution in [0.4, 0.5) is 10.1 Å². The number of anilines is 1. The largest absolute Gasteiger partial charge is 0.326 e. The summed E-state index contributed by atoms with van der Waals surface area (Å²) >= 11 is 0. The molecule has 0 radical (unpaired) electrons. The number of rotatable bonds is 6. The molecule has 3 amide bonds. The Morgan fingerprint density at radius 3 is 2.10 bits per heavy atom. The molecule has 1 aliphatic rings. The molecule has 1 heterocycles. The molecule has 3 rings (SSSR count). The van der Waals surface area contributed by atoms with Gasteiger partial charge in [-0.3, -0.25) is 19.3 Å². The van der Waals surface area contributed by atoms with E-state index in [4.69, 9.17) is 0 Å². The van der Waals surface area contributed by atoms with Crippen molar-refractivity contribution in [3.8, 4) is 0 Å². The molecule has 1 N–H and O–H groups in total. The van der Waals surface area contributed by atoms with Gasteiger partial charge in [-0.05, 0) is 35.1 Å². The monoisotopic (exact) mass is 396 g/mol. The van der Waals surface area contributed by atoms with Gasteiger partial charge in [-0.25, -0.2) is 4.39 Å². The van der Waals surface area contributed by atoms with Gasteiger partial charge in [0.1, 0.15) is 5.82 Å². The molecule has 29 heavy (non-hydrogen) atoms. The van der Waals surface area contributed by atoms with Gasteiger partial charge in [0.15, 0.2) is 0 Å². The number of carbonyl (C=O) groups is 3. The second kappa shape index (κ2) is 8.15. The zero-order chi connectivity index (χ0) is 21.3. The minimum atomic E-state index is -0.722. The first-order valence-electron chi connectivity index (χ1n) is 9.79. The van der Waals surface area contributed by atoms with Crippen molar-refractivity contribution in [1.29, 1.82) is 0 Å². The maximum Gasteiger partial charge on any atom is 0.264 e. The Hall–Kier alpha value is -3.02. The maximum absolute atomic E-state index is 13.9. The summed E-state index contributed by atoms with van der Waals surface area (Å²) in [5.41, 5.74) is 2.68. The van der Waals surface area contributed by atoms with E-state index in [2.05, 4.69) is 33.0 Å². The molecule has 0 spiro atoms. The zero-order valence-electron chi connectivity index (χ0n) is 17.1. The molecule has 1 aliphatic heterocycles. The fourth-order valence-electron chi connectivity index (χ4n) is 3.61. The Morgan fingerprint density at radius 1 is 0.966 bits per heavy atom. The van der Waals surface area contributed by atoms with Crippen LogP contribution >= 0.6 is 0 Å². The van der Waals surface area contributed by atoms with E-state index < -0.39 is 17.6 Å². The first-order valence-corrected chi connectivity index (χ1v) is 9.79. The van der Waals surface area contributed by atoms with Crippen molar-refractivity contribution in [2.75, 3.05) is 11.9 Å². The second-order valence-corrected chi connectivity index (χ2v) is 7.84. The van der Waals surface area contributed by atoms with E-state index in [1.54, 1.807) is 0 Å². The van der Waals surface area contributed by atoms with Gasteiger partial charge in [0.25, 0.3) is 11.8 Å². The Balaban J connectivity index is 1.75. The predicted molar refractivity (Wildman–Crippen MR) is 110 cm³/mol. The summed E-state index contributed by atoms with van der Waals surface area (Å²) in [5.74, 6) is -1.83. The quantitative estimate of drug-likeness (QED) is 0.720. The number of nitrogens with one attached hydrogen (secondary N) is 1. The average Bonchev–Trinajstić information content (AvgIpc) is 2.91. The molecule has 0 fully saturated rings. The first-order chi connectivity index (χ1) is 13.7. The zero-order valence-corrected chi connectivity index (χ0v) is 17.1. The summed E-state index contributed by atoms with van der Waals surface area (Å²) in [5, 5.41) is 2.97. The normalized spacial score (nSPS) is 13.4. The van der Waals surface area contributed by atoms with Crippen LogP contribution in [0, 0.1) is 5.82 Å². The van der Waals surface area contributed by atoms with Gasteiger partial charge in [0.2, 0.25) is 5.91 Å². The SMILES string of the molecule is CC(C)c1cccc(C(C)C)c1NC(=O)CCN1C(=O)c2cccc(F)c2C1=O. The Bertz CT molecular complexity index is 956. The van der Waals surface area contributed by atoms with Crippen LogP contribution in [0.5, 0.6) is 0 Å². The molecule has 0 saturated carbocycles. The van der Waals surface area contributed by atoms with E-state index >= 15 is 0 Å². The van der Waals surface area contributed by atoms with Crippen LogP contribution in [-0.2, 0) is 4.79 Å². The van der Waals surface area contributed by atoms with E-state index in [9.17, 15) is 18.8 Å². The highest BCUT2D eigenvalue weighted by molar-refractivity contribution is 6.21. The highest BCUT2D eigenvalue weighted by Crippen LogP contribution is 2.32. The first kappa shape index (κ1) is 20.7. The van der Waals surface area contributed by atoms with Crippen LogP contribution in [0.25, 0.3) is 0 Å².